The van der Waals surface area contributed by atoms with Crippen molar-refractivity contribution < 1.29 is 30.9 Å². The molecule has 9 aromatic rings. The third-order valence-corrected chi connectivity index (χ3v) is 11.6. The maximum Gasteiger partial charge on any atom is 0.240 e. The molecule has 0 saturated heterocycles. The second kappa shape index (κ2) is 10.7. The Kier molecular flexibility index (Phi) is 6.71. The average molecular weight is 865 g/mol. The Morgan fingerprint density at radius 2 is 1.56 bits per heavy atom. The molecular formula is C43H37N6O2Pt-. The van der Waals surface area contributed by atoms with Crippen molar-refractivity contribution in [1.82, 2.24) is 28.3 Å². The van der Waals surface area contributed by atoms with Crippen molar-refractivity contribution in [1.29, 1.82) is 0 Å². The molecule has 0 fully saturated rings. The zero-order chi connectivity index (χ0) is 35.2. The summed E-state index contributed by atoms with van der Waals surface area (Å²) in [6, 6.07) is 32.2. The van der Waals surface area contributed by atoms with Gasteiger partial charge in [-0.2, -0.15) is 4.98 Å². The second-order valence-corrected chi connectivity index (χ2v) is 16.0. The molecule has 1 N–H and O–H groups in total. The minimum Gasteiger partial charge on any atom is -0.507 e. The Morgan fingerprint density at radius 3 is 2.37 bits per heavy atom. The SMILES string of the molecule is CC(C)(C)c1ccnc(-n2c3[c-]c(Oc4nc5c6c(O)cccc6c6cccc7c6n5c4C(C)(C)C7(C)C)ccc3n3c4ccccc4nc23)c1.[Pt]. The van der Waals surface area contributed by atoms with Gasteiger partial charge in [0.25, 0.3) is 0 Å². The van der Waals surface area contributed by atoms with Crippen LogP contribution >= 0.6 is 0 Å². The molecule has 52 heavy (non-hydrogen) atoms. The molecule has 1 aliphatic heterocycles. The first-order valence-corrected chi connectivity index (χ1v) is 17.4. The van der Waals surface area contributed by atoms with Crippen LogP contribution in [0.5, 0.6) is 17.4 Å². The maximum absolute atomic E-state index is 11.3. The van der Waals surface area contributed by atoms with Gasteiger partial charge in [0.05, 0.1) is 27.6 Å². The molecule has 10 rings (SSSR count). The molecule has 0 unspecified atom stereocenters. The van der Waals surface area contributed by atoms with Gasteiger partial charge in [0.1, 0.15) is 11.6 Å². The van der Waals surface area contributed by atoms with Crippen LogP contribution in [0.2, 0.25) is 0 Å². The number of aromatic nitrogens is 6. The van der Waals surface area contributed by atoms with Gasteiger partial charge in [-0.15, -0.1) is 18.2 Å². The van der Waals surface area contributed by atoms with E-state index in [0.29, 0.717) is 22.7 Å². The number of phenolic OH excluding ortho intramolecular Hbond substituents is 1. The van der Waals surface area contributed by atoms with E-state index in [9.17, 15) is 5.11 Å². The molecule has 0 atom stereocenters. The van der Waals surface area contributed by atoms with Crippen LogP contribution in [-0.4, -0.2) is 33.4 Å². The molecule has 0 amide bonds. The minimum absolute atomic E-state index is 0. The third kappa shape index (κ3) is 4.16. The number of benzene rings is 4. The van der Waals surface area contributed by atoms with Gasteiger partial charge in [0, 0.05) is 49.2 Å². The van der Waals surface area contributed by atoms with E-state index in [1.54, 1.807) is 6.07 Å². The van der Waals surface area contributed by atoms with Crippen molar-refractivity contribution in [3.63, 3.8) is 0 Å². The van der Waals surface area contributed by atoms with Gasteiger partial charge < -0.3 is 14.2 Å². The van der Waals surface area contributed by atoms with Gasteiger partial charge in [-0.1, -0.05) is 90.9 Å². The smallest absolute Gasteiger partial charge is 0.240 e. The zero-order valence-corrected chi connectivity index (χ0v) is 32.3. The van der Waals surface area contributed by atoms with Gasteiger partial charge in [0.15, 0.2) is 5.65 Å². The van der Waals surface area contributed by atoms with Crippen LogP contribution in [0.15, 0.2) is 91.1 Å². The van der Waals surface area contributed by atoms with Crippen LogP contribution in [0.4, 0.5) is 0 Å². The van der Waals surface area contributed by atoms with Crippen LogP contribution < -0.4 is 4.74 Å². The third-order valence-electron chi connectivity index (χ3n) is 11.6. The maximum atomic E-state index is 11.3. The van der Waals surface area contributed by atoms with Crippen LogP contribution in [-0.2, 0) is 37.3 Å². The predicted molar refractivity (Wildman–Crippen MR) is 203 cm³/mol. The minimum atomic E-state index is -0.400. The standard InChI is InChI=1S/C43H37N6O2.Pt/c1-41(2,3)24-20-21-44-34(22-24)48-32-23-25(18-19-31(32)47-30-16-9-8-15-29(30)45-40(47)48)51-39-37-43(6,7)42(4,5)28-14-10-13-27-26-12-11-17-33(50)35(26)38(46-39)49(37)36(27)28;/h8-22,50H,1-7H3;/q-1;. The van der Waals surface area contributed by atoms with Crippen LogP contribution in [0.25, 0.3) is 61.0 Å². The quantitative estimate of drug-likeness (QED) is 0.141. The van der Waals surface area contributed by atoms with Gasteiger partial charge >= 0.3 is 0 Å². The fourth-order valence-corrected chi connectivity index (χ4v) is 8.24. The van der Waals surface area contributed by atoms with E-state index in [2.05, 4.69) is 116 Å². The fourth-order valence-electron chi connectivity index (χ4n) is 8.24. The zero-order valence-electron chi connectivity index (χ0n) is 30.0. The summed E-state index contributed by atoms with van der Waals surface area (Å²) in [5, 5.41) is 14.0. The normalized spacial score (nSPS) is 15.1. The molecule has 6 heterocycles. The van der Waals surface area contributed by atoms with E-state index in [-0.39, 0.29) is 37.6 Å². The number of phenols is 1. The molecule has 9 heteroatoms. The first-order chi connectivity index (χ1) is 24.4. The van der Waals surface area contributed by atoms with Gasteiger partial charge in [-0.05, 0) is 63.3 Å². The molecule has 8 nitrogen and oxygen atoms in total. The summed E-state index contributed by atoms with van der Waals surface area (Å²) >= 11 is 0. The summed E-state index contributed by atoms with van der Waals surface area (Å²) in [6.45, 7) is 15.7. The fraction of sp³-hybridized carbons (Fsp3) is 0.233. The van der Waals surface area contributed by atoms with Crippen molar-refractivity contribution >= 4 is 55.2 Å². The Morgan fingerprint density at radius 1 is 0.788 bits per heavy atom. The number of para-hydroxylation sites is 3. The van der Waals surface area contributed by atoms with E-state index in [1.165, 1.54) is 11.1 Å². The van der Waals surface area contributed by atoms with Crippen LogP contribution in [0.1, 0.15) is 65.3 Å². The molecule has 0 saturated carbocycles. The molecule has 0 bridgehead atoms. The molecular weight excluding hydrogens is 828 g/mol. The molecule has 0 spiro atoms. The van der Waals surface area contributed by atoms with E-state index in [4.69, 9.17) is 19.7 Å². The summed E-state index contributed by atoms with van der Waals surface area (Å²) in [7, 11) is 0. The van der Waals surface area contributed by atoms with Gasteiger partial charge in [-0.3, -0.25) is 8.97 Å². The van der Waals surface area contributed by atoms with E-state index < -0.39 is 5.41 Å². The first kappa shape index (κ1) is 32.7. The van der Waals surface area contributed by atoms with Crippen molar-refractivity contribution in [2.45, 2.75) is 64.7 Å². The Hall–Kier alpha value is -5.20. The number of fused-ring (bicyclic) bond motifs is 8. The molecule has 0 radical (unpaired) electrons. The number of hydrogen-bond donors (Lipinski definition) is 1. The molecule has 5 aromatic heterocycles. The topological polar surface area (TPSA) is 81.9 Å². The summed E-state index contributed by atoms with van der Waals surface area (Å²) in [6.07, 6.45) is 1.87. The second-order valence-electron chi connectivity index (χ2n) is 16.0. The van der Waals surface area contributed by atoms with Crippen LogP contribution in [0.3, 0.4) is 0 Å². The summed E-state index contributed by atoms with van der Waals surface area (Å²) < 4.78 is 13.3. The van der Waals surface area contributed by atoms with Crippen molar-refractivity contribution in [2.75, 3.05) is 0 Å². The van der Waals surface area contributed by atoms with E-state index >= 15 is 0 Å². The summed E-state index contributed by atoms with van der Waals surface area (Å²) in [5.41, 5.74) is 8.06. The van der Waals surface area contributed by atoms with Crippen molar-refractivity contribution in [3.05, 3.63) is 114 Å². The summed E-state index contributed by atoms with van der Waals surface area (Å²) in [5.74, 6) is 2.73. The number of rotatable bonds is 3. The Labute approximate surface area is 315 Å². The van der Waals surface area contributed by atoms with Gasteiger partial charge in [0.2, 0.25) is 11.7 Å². The number of imidazole rings is 3. The van der Waals surface area contributed by atoms with E-state index in [0.717, 1.165) is 55.6 Å². The van der Waals surface area contributed by atoms with Gasteiger partial charge in [-0.25, -0.2) is 9.97 Å². The molecule has 0 aliphatic carbocycles. The van der Waals surface area contributed by atoms with Crippen molar-refractivity contribution in [3.8, 4) is 23.2 Å². The molecule has 1 aliphatic rings. The predicted octanol–water partition coefficient (Wildman–Crippen LogP) is 9.94. The number of hydrogen-bond acceptors (Lipinski definition) is 5. The number of nitrogens with zero attached hydrogens (tertiary/aromatic N) is 6. The Bertz CT molecular complexity index is 2960. The monoisotopic (exact) mass is 864 g/mol. The number of ether oxygens (including phenoxy) is 1. The van der Waals surface area contributed by atoms with E-state index in [1.807, 2.05) is 36.5 Å². The number of aromatic hydroxyl groups is 1. The summed E-state index contributed by atoms with van der Waals surface area (Å²) in [4.78, 5) is 15.1. The number of pyridine rings is 2. The average Bonchev–Trinajstić information content (AvgIpc) is 3.76. The molecule has 4 aromatic carbocycles. The van der Waals surface area contributed by atoms with Crippen LogP contribution in [0, 0.1) is 6.07 Å². The molecule has 262 valence electrons. The first-order valence-electron chi connectivity index (χ1n) is 17.4. The largest absolute Gasteiger partial charge is 0.507 e. The Balaban J connectivity index is 0.00000360. The van der Waals surface area contributed by atoms with Crippen molar-refractivity contribution in [2.24, 2.45) is 0 Å².